The van der Waals surface area contributed by atoms with Gasteiger partial charge in [-0.25, -0.2) is 14.5 Å². The average Bonchev–Trinajstić information content (AvgIpc) is 3.06. The summed E-state index contributed by atoms with van der Waals surface area (Å²) >= 11 is 6.17. The number of esters is 2. The molecule has 3 rings (SSSR count). The van der Waals surface area contributed by atoms with E-state index in [1.54, 1.807) is 24.3 Å². The van der Waals surface area contributed by atoms with Crippen molar-refractivity contribution in [3.63, 3.8) is 0 Å². The second kappa shape index (κ2) is 11.5. The van der Waals surface area contributed by atoms with Crippen molar-refractivity contribution in [1.82, 2.24) is 0 Å². The maximum absolute atomic E-state index is 13.0. The van der Waals surface area contributed by atoms with Crippen molar-refractivity contribution in [1.29, 1.82) is 0 Å². The van der Waals surface area contributed by atoms with Gasteiger partial charge in [0.15, 0.2) is 0 Å². The van der Waals surface area contributed by atoms with Crippen LogP contribution in [-0.2, 0) is 19.1 Å². The fourth-order valence-corrected chi connectivity index (χ4v) is 3.31. The third kappa shape index (κ3) is 5.63. The number of amides is 2. The Hall–Kier alpha value is -3.65. The van der Waals surface area contributed by atoms with Crippen LogP contribution >= 0.6 is 11.6 Å². The lowest BCUT2D eigenvalue weighted by Gasteiger charge is -2.15. The molecule has 0 aromatic heterocycles. The van der Waals surface area contributed by atoms with Crippen LogP contribution < -0.4 is 10.2 Å². The molecule has 2 amide bonds. The van der Waals surface area contributed by atoms with Gasteiger partial charge in [0.25, 0.3) is 11.8 Å². The number of halogens is 1. The first-order chi connectivity index (χ1) is 16.4. The summed E-state index contributed by atoms with van der Waals surface area (Å²) in [6, 6.07) is 12.2. The highest BCUT2D eigenvalue weighted by atomic mass is 35.5. The molecule has 1 N–H and O–H groups in total. The van der Waals surface area contributed by atoms with Crippen molar-refractivity contribution in [3.05, 3.63) is 70.4 Å². The van der Waals surface area contributed by atoms with Crippen LogP contribution in [0.4, 0.5) is 11.4 Å². The second-order valence-corrected chi connectivity index (χ2v) is 7.89. The number of hydrogen-bond donors (Lipinski definition) is 1. The minimum atomic E-state index is -0.688. The normalized spacial score (nSPS) is 13.3. The summed E-state index contributed by atoms with van der Waals surface area (Å²) in [5.74, 6) is -2.24. The van der Waals surface area contributed by atoms with Crippen LogP contribution in [-0.4, -0.2) is 37.0 Å². The molecule has 9 heteroatoms. The minimum absolute atomic E-state index is 0.0870. The van der Waals surface area contributed by atoms with Crippen molar-refractivity contribution in [2.45, 2.75) is 33.1 Å². The molecule has 2 aromatic carbocycles. The molecule has 2 aromatic rings. The molecule has 34 heavy (non-hydrogen) atoms. The first-order valence-electron chi connectivity index (χ1n) is 11.0. The fourth-order valence-electron chi connectivity index (χ4n) is 3.10. The van der Waals surface area contributed by atoms with Crippen molar-refractivity contribution >= 4 is 46.7 Å². The maximum atomic E-state index is 13.0. The number of carbonyl (C=O) groups excluding carboxylic acids is 4. The Morgan fingerprint density at radius 2 is 1.38 bits per heavy atom. The molecule has 1 aliphatic heterocycles. The van der Waals surface area contributed by atoms with Gasteiger partial charge < -0.3 is 14.8 Å². The summed E-state index contributed by atoms with van der Waals surface area (Å²) in [7, 11) is 0. The van der Waals surface area contributed by atoms with Crippen LogP contribution in [0.2, 0.25) is 0 Å². The molecule has 1 heterocycles. The van der Waals surface area contributed by atoms with Gasteiger partial charge >= 0.3 is 11.9 Å². The second-order valence-electron chi connectivity index (χ2n) is 7.51. The van der Waals surface area contributed by atoms with E-state index >= 15 is 0 Å². The number of anilines is 2. The van der Waals surface area contributed by atoms with Gasteiger partial charge in [-0.3, -0.25) is 9.59 Å². The van der Waals surface area contributed by atoms with Gasteiger partial charge in [0.05, 0.1) is 30.0 Å². The van der Waals surface area contributed by atoms with Gasteiger partial charge in [-0.05, 0) is 61.4 Å². The molecule has 0 saturated carbocycles. The number of imide groups is 1. The molecule has 0 bridgehead atoms. The standard InChI is InChI=1S/C25H25ClN2O6/c1-3-5-15-34-25(32)17-8-12-19(13-9-17)28-22(29)20(26)21(23(28)30)27-18-10-6-16(7-11-18)24(31)33-14-4-2/h6-13,27H,3-5,14-15H2,1-2H3. The Balaban J connectivity index is 1.69. The van der Waals surface area contributed by atoms with Crippen LogP contribution in [0.5, 0.6) is 0 Å². The number of nitrogens with one attached hydrogen (secondary N) is 1. The number of ether oxygens (including phenoxy) is 2. The molecule has 0 aliphatic carbocycles. The van der Waals surface area contributed by atoms with E-state index in [4.69, 9.17) is 21.1 Å². The van der Waals surface area contributed by atoms with Gasteiger partial charge in [0.2, 0.25) is 0 Å². The van der Waals surface area contributed by atoms with Crippen LogP contribution in [0, 0.1) is 0 Å². The number of carbonyl (C=O) groups is 4. The van der Waals surface area contributed by atoms with Gasteiger partial charge in [0.1, 0.15) is 10.7 Å². The number of rotatable bonds is 10. The summed E-state index contributed by atoms with van der Waals surface area (Å²) in [4.78, 5) is 50.6. The monoisotopic (exact) mass is 484 g/mol. The number of hydrogen-bond acceptors (Lipinski definition) is 7. The van der Waals surface area contributed by atoms with Crippen molar-refractivity contribution < 1.29 is 28.7 Å². The largest absolute Gasteiger partial charge is 0.462 e. The first kappa shape index (κ1) is 25.0. The zero-order valence-corrected chi connectivity index (χ0v) is 19.7. The first-order valence-corrected chi connectivity index (χ1v) is 11.3. The van der Waals surface area contributed by atoms with E-state index in [2.05, 4.69) is 5.32 Å². The van der Waals surface area contributed by atoms with E-state index in [1.165, 1.54) is 24.3 Å². The molecule has 8 nitrogen and oxygen atoms in total. The Bertz CT molecular complexity index is 1110. The molecule has 0 spiro atoms. The predicted molar refractivity (Wildman–Crippen MR) is 128 cm³/mol. The zero-order valence-electron chi connectivity index (χ0n) is 18.9. The van der Waals surface area contributed by atoms with Crippen molar-refractivity contribution in [2.24, 2.45) is 0 Å². The molecule has 0 radical (unpaired) electrons. The van der Waals surface area contributed by atoms with E-state index < -0.39 is 23.8 Å². The van der Waals surface area contributed by atoms with E-state index in [1.807, 2.05) is 13.8 Å². The lowest BCUT2D eigenvalue weighted by molar-refractivity contribution is -0.120. The van der Waals surface area contributed by atoms with E-state index in [9.17, 15) is 19.2 Å². The summed E-state index contributed by atoms with van der Waals surface area (Å²) in [5, 5.41) is 2.58. The van der Waals surface area contributed by atoms with Gasteiger partial charge in [-0.2, -0.15) is 0 Å². The molecule has 0 unspecified atom stereocenters. The Morgan fingerprint density at radius 1 is 0.824 bits per heavy atom. The number of nitrogens with zero attached hydrogens (tertiary/aromatic N) is 1. The van der Waals surface area contributed by atoms with Crippen LogP contribution in [0.15, 0.2) is 59.3 Å². The molecule has 178 valence electrons. The van der Waals surface area contributed by atoms with Gasteiger partial charge in [-0.15, -0.1) is 0 Å². The Labute approximate surface area is 202 Å². The lowest BCUT2D eigenvalue weighted by Crippen LogP contribution is -2.32. The quantitative estimate of drug-likeness (QED) is 0.297. The highest BCUT2D eigenvalue weighted by molar-refractivity contribution is 6.53. The summed E-state index contributed by atoms with van der Waals surface area (Å²) in [6.45, 7) is 4.55. The molecular weight excluding hydrogens is 460 g/mol. The third-order valence-corrected chi connectivity index (χ3v) is 5.30. The highest BCUT2D eigenvalue weighted by Gasteiger charge is 2.39. The summed E-state index contributed by atoms with van der Waals surface area (Å²) < 4.78 is 10.2. The van der Waals surface area contributed by atoms with Crippen LogP contribution in [0.3, 0.4) is 0 Å². The SMILES string of the molecule is CCCCOC(=O)c1ccc(N2C(=O)C(Cl)=C(Nc3ccc(C(=O)OCCC)cc3)C2=O)cc1. The number of benzene rings is 2. The lowest BCUT2D eigenvalue weighted by atomic mass is 10.2. The minimum Gasteiger partial charge on any atom is -0.462 e. The van der Waals surface area contributed by atoms with Crippen molar-refractivity contribution in [3.8, 4) is 0 Å². The summed E-state index contributed by atoms with van der Waals surface area (Å²) in [5.41, 5.74) is 1.32. The zero-order chi connectivity index (χ0) is 24.7. The Morgan fingerprint density at radius 3 is 1.94 bits per heavy atom. The Kier molecular flexibility index (Phi) is 8.43. The molecular formula is C25H25ClN2O6. The van der Waals surface area contributed by atoms with Gasteiger partial charge in [-0.1, -0.05) is 31.9 Å². The van der Waals surface area contributed by atoms with Gasteiger partial charge in [0, 0.05) is 5.69 Å². The number of unbranched alkanes of at least 4 members (excludes halogenated alkanes) is 1. The summed E-state index contributed by atoms with van der Waals surface area (Å²) in [6.07, 6.45) is 2.40. The van der Waals surface area contributed by atoms with E-state index in [-0.39, 0.29) is 16.4 Å². The van der Waals surface area contributed by atoms with Crippen molar-refractivity contribution in [2.75, 3.05) is 23.4 Å². The fraction of sp³-hybridized carbons (Fsp3) is 0.280. The molecule has 0 saturated heterocycles. The maximum Gasteiger partial charge on any atom is 0.338 e. The molecule has 0 fully saturated rings. The van der Waals surface area contributed by atoms with E-state index in [0.717, 1.165) is 24.2 Å². The van der Waals surface area contributed by atoms with Crippen LogP contribution in [0.25, 0.3) is 0 Å². The smallest absolute Gasteiger partial charge is 0.338 e. The molecule has 0 atom stereocenters. The molecule has 1 aliphatic rings. The third-order valence-electron chi connectivity index (χ3n) is 4.95. The predicted octanol–water partition coefficient (Wildman–Crippen LogP) is 4.65. The van der Waals surface area contributed by atoms with E-state index in [0.29, 0.717) is 30.0 Å². The topological polar surface area (TPSA) is 102 Å². The van der Waals surface area contributed by atoms with Crippen LogP contribution in [0.1, 0.15) is 53.8 Å². The average molecular weight is 485 g/mol. The highest BCUT2D eigenvalue weighted by Crippen LogP contribution is 2.30.